The van der Waals surface area contributed by atoms with E-state index in [1.165, 1.54) is 6.07 Å². The summed E-state index contributed by atoms with van der Waals surface area (Å²) in [6.45, 7) is 0. The molecule has 0 aliphatic heterocycles. The third-order valence-electron chi connectivity index (χ3n) is 6.71. The van der Waals surface area contributed by atoms with Crippen molar-refractivity contribution in [2.75, 3.05) is 0 Å². The second kappa shape index (κ2) is 8.29. The predicted molar refractivity (Wildman–Crippen MR) is 103 cm³/mol. The van der Waals surface area contributed by atoms with Crippen molar-refractivity contribution in [3.05, 3.63) is 71.1 Å². The molecule has 0 spiro atoms. The van der Waals surface area contributed by atoms with Crippen molar-refractivity contribution >= 4 is 0 Å². The highest BCUT2D eigenvalue weighted by Crippen LogP contribution is 2.41. The molecule has 0 N–H and O–H groups in total. The molecule has 0 bridgehead atoms. The molecule has 0 radical (unpaired) electrons. The lowest BCUT2D eigenvalue weighted by Crippen LogP contribution is -2.26. The molecular formula is C24H23F5. The van der Waals surface area contributed by atoms with E-state index in [-0.39, 0.29) is 11.1 Å². The molecule has 2 aromatic rings. The summed E-state index contributed by atoms with van der Waals surface area (Å²) >= 11 is 0. The second-order valence-electron chi connectivity index (χ2n) is 8.31. The Labute approximate surface area is 167 Å². The first-order chi connectivity index (χ1) is 14.0. The summed E-state index contributed by atoms with van der Waals surface area (Å²) in [7, 11) is 0. The van der Waals surface area contributed by atoms with Crippen LogP contribution in [0.1, 0.15) is 43.2 Å². The quantitative estimate of drug-likeness (QED) is 0.370. The molecule has 1 unspecified atom stereocenters. The molecule has 0 aromatic heterocycles. The van der Waals surface area contributed by atoms with Gasteiger partial charge >= 0.3 is 0 Å². The van der Waals surface area contributed by atoms with Crippen LogP contribution in [0.5, 0.6) is 0 Å². The lowest BCUT2D eigenvalue weighted by Gasteiger charge is -2.36. The van der Waals surface area contributed by atoms with Crippen molar-refractivity contribution in [2.24, 2.45) is 17.8 Å². The zero-order valence-electron chi connectivity index (χ0n) is 16.0. The van der Waals surface area contributed by atoms with E-state index in [0.717, 1.165) is 56.2 Å². The van der Waals surface area contributed by atoms with Crippen LogP contribution in [0.25, 0.3) is 11.1 Å². The Balaban J connectivity index is 1.53. The summed E-state index contributed by atoms with van der Waals surface area (Å²) in [6, 6.07) is 5.03. The van der Waals surface area contributed by atoms with E-state index in [1.54, 1.807) is 6.08 Å². The van der Waals surface area contributed by atoms with Crippen LogP contribution in [0, 0.1) is 41.0 Å². The van der Waals surface area contributed by atoms with Crippen LogP contribution in [0.4, 0.5) is 22.0 Å². The monoisotopic (exact) mass is 406 g/mol. The molecule has 0 nitrogen and oxygen atoms in total. The molecule has 1 saturated carbocycles. The SMILES string of the molecule is FC=CC1CCC(C2CCc3c(ccc(-c4cc(F)c(F)c(F)c4)c3F)C2)CC1. The summed E-state index contributed by atoms with van der Waals surface area (Å²) in [5.41, 5.74) is 1.64. The van der Waals surface area contributed by atoms with E-state index in [1.807, 2.05) is 6.07 Å². The fourth-order valence-corrected chi connectivity index (χ4v) is 5.09. The minimum absolute atomic E-state index is 0.00284. The lowest BCUT2D eigenvalue weighted by atomic mass is 9.69. The van der Waals surface area contributed by atoms with Gasteiger partial charge in [0.05, 0.1) is 6.33 Å². The molecule has 2 aromatic carbocycles. The molecule has 154 valence electrons. The number of hydrogen-bond acceptors (Lipinski definition) is 0. The van der Waals surface area contributed by atoms with Crippen LogP contribution in [-0.2, 0) is 12.8 Å². The van der Waals surface area contributed by atoms with Crippen LogP contribution in [0.15, 0.2) is 36.7 Å². The van der Waals surface area contributed by atoms with Crippen molar-refractivity contribution < 1.29 is 22.0 Å². The van der Waals surface area contributed by atoms with E-state index in [2.05, 4.69) is 0 Å². The molecular weight excluding hydrogens is 383 g/mol. The highest BCUT2D eigenvalue weighted by atomic mass is 19.2. The molecule has 5 heteroatoms. The molecule has 2 aliphatic carbocycles. The van der Waals surface area contributed by atoms with Gasteiger partial charge in [0.2, 0.25) is 0 Å². The summed E-state index contributed by atoms with van der Waals surface area (Å²) in [4.78, 5) is 0. The van der Waals surface area contributed by atoms with E-state index < -0.39 is 23.3 Å². The number of hydrogen-bond donors (Lipinski definition) is 0. The maximum atomic E-state index is 15.1. The van der Waals surface area contributed by atoms with Crippen molar-refractivity contribution in [1.82, 2.24) is 0 Å². The summed E-state index contributed by atoms with van der Waals surface area (Å²) in [6.07, 6.45) is 8.61. The summed E-state index contributed by atoms with van der Waals surface area (Å²) < 4.78 is 67.9. The smallest absolute Gasteiger partial charge is 0.194 e. The average molecular weight is 406 g/mol. The number of rotatable bonds is 3. The van der Waals surface area contributed by atoms with Gasteiger partial charge in [0.1, 0.15) is 5.82 Å². The first kappa shape index (κ1) is 20.1. The Bertz CT molecular complexity index is 902. The number of allylic oxidation sites excluding steroid dienone is 1. The average Bonchev–Trinajstić information content (AvgIpc) is 2.72. The molecule has 0 saturated heterocycles. The van der Waals surface area contributed by atoms with Gasteiger partial charge in [0.15, 0.2) is 17.5 Å². The lowest BCUT2D eigenvalue weighted by molar-refractivity contribution is 0.205. The van der Waals surface area contributed by atoms with E-state index in [9.17, 15) is 17.6 Å². The van der Waals surface area contributed by atoms with Crippen LogP contribution in [0.2, 0.25) is 0 Å². The molecule has 29 heavy (non-hydrogen) atoms. The Kier molecular flexibility index (Phi) is 5.75. The largest absolute Gasteiger partial charge is 0.216 e. The van der Waals surface area contributed by atoms with E-state index in [4.69, 9.17) is 0 Å². The summed E-state index contributed by atoms with van der Waals surface area (Å²) in [5.74, 6) is -3.30. The van der Waals surface area contributed by atoms with Crippen molar-refractivity contribution in [3.8, 4) is 11.1 Å². The minimum atomic E-state index is -1.55. The number of halogens is 5. The zero-order valence-corrected chi connectivity index (χ0v) is 16.0. The van der Waals surface area contributed by atoms with Crippen LogP contribution < -0.4 is 0 Å². The molecule has 1 atom stereocenters. The molecule has 1 fully saturated rings. The van der Waals surface area contributed by atoms with Crippen molar-refractivity contribution in [3.63, 3.8) is 0 Å². The summed E-state index contributed by atoms with van der Waals surface area (Å²) in [5, 5.41) is 0. The highest BCUT2D eigenvalue weighted by Gasteiger charge is 2.31. The normalized spacial score (nSPS) is 24.7. The first-order valence-corrected chi connectivity index (χ1v) is 10.2. The molecule has 4 rings (SSSR count). The third-order valence-corrected chi connectivity index (χ3v) is 6.71. The van der Waals surface area contributed by atoms with Gasteiger partial charge in [-0.1, -0.05) is 18.2 Å². The third kappa shape index (κ3) is 3.96. The topological polar surface area (TPSA) is 0 Å². The Morgan fingerprint density at radius 2 is 1.48 bits per heavy atom. The number of fused-ring (bicyclic) bond motifs is 1. The fourth-order valence-electron chi connectivity index (χ4n) is 5.09. The Hall–Kier alpha value is -2.17. The van der Waals surface area contributed by atoms with Crippen molar-refractivity contribution in [2.45, 2.75) is 44.9 Å². The second-order valence-corrected chi connectivity index (χ2v) is 8.31. The van der Waals surface area contributed by atoms with Gasteiger partial charge in [0.25, 0.3) is 0 Å². The van der Waals surface area contributed by atoms with Gasteiger partial charge in [-0.25, -0.2) is 22.0 Å². The van der Waals surface area contributed by atoms with E-state index in [0.29, 0.717) is 36.1 Å². The first-order valence-electron chi connectivity index (χ1n) is 10.2. The van der Waals surface area contributed by atoms with Crippen LogP contribution in [0.3, 0.4) is 0 Å². The van der Waals surface area contributed by atoms with Gasteiger partial charge in [0, 0.05) is 5.56 Å². The molecule has 0 heterocycles. The highest BCUT2D eigenvalue weighted by molar-refractivity contribution is 5.66. The van der Waals surface area contributed by atoms with Gasteiger partial charge in [-0.05, 0) is 91.5 Å². The molecule has 2 aliphatic rings. The maximum Gasteiger partial charge on any atom is 0.194 e. The zero-order chi connectivity index (χ0) is 20.5. The van der Waals surface area contributed by atoms with Crippen LogP contribution in [-0.4, -0.2) is 0 Å². The van der Waals surface area contributed by atoms with Crippen LogP contribution >= 0.6 is 0 Å². The van der Waals surface area contributed by atoms with Gasteiger partial charge < -0.3 is 0 Å². The van der Waals surface area contributed by atoms with Crippen molar-refractivity contribution in [1.29, 1.82) is 0 Å². The Morgan fingerprint density at radius 1 is 0.793 bits per heavy atom. The molecule has 0 amide bonds. The number of benzene rings is 2. The maximum absolute atomic E-state index is 15.1. The van der Waals surface area contributed by atoms with Gasteiger partial charge in [-0.15, -0.1) is 0 Å². The Morgan fingerprint density at radius 3 is 2.14 bits per heavy atom. The standard InChI is InChI=1S/C24H23F5/c25-10-9-14-1-3-15(4-2-14)16-5-7-19-17(11-16)6-8-20(23(19)28)18-12-21(26)24(29)22(27)13-18/h6,8-10,12-16H,1-5,7,11H2. The van der Waals surface area contributed by atoms with E-state index >= 15 is 4.39 Å². The predicted octanol–water partition coefficient (Wildman–Crippen LogP) is 7.30. The van der Waals surface area contributed by atoms with Gasteiger partial charge in [-0.3, -0.25) is 0 Å². The minimum Gasteiger partial charge on any atom is -0.216 e. The van der Waals surface area contributed by atoms with Gasteiger partial charge in [-0.2, -0.15) is 0 Å². The fraction of sp³-hybridized carbons (Fsp3) is 0.417.